The van der Waals surface area contributed by atoms with E-state index in [1.165, 1.54) is 6.20 Å². The van der Waals surface area contributed by atoms with Crippen LogP contribution in [0.4, 0.5) is 0 Å². The highest BCUT2D eigenvalue weighted by atomic mass is 15.4. The summed E-state index contributed by atoms with van der Waals surface area (Å²) in [5.74, 6) is 0. The molecule has 0 spiro atoms. The van der Waals surface area contributed by atoms with Gasteiger partial charge in [-0.15, -0.1) is 5.10 Å². The quantitative estimate of drug-likeness (QED) is 0.467. The monoisotopic (exact) mass is 108 g/mol. The average molecular weight is 108 g/mol. The van der Waals surface area contributed by atoms with Gasteiger partial charge in [0.25, 0.3) is 0 Å². The van der Waals surface area contributed by atoms with Gasteiger partial charge in [0.1, 0.15) is 0 Å². The minimum Gasteiger partial charge on any atom is -0.170 e. The molecular formula is C4H4N4. The zero-order chi connectivity index (χ0) is 5.98. The molecule has 0 aliphatic rings. The van der Waals surface area contributed by atoms with Crippen LogP contribution < -0.4 is 0 Å². The zero-order valence-electron chi connectivity index (χ0n) is 4.37. The molecule has 0 aliphatic carbocycles. The fraction of sp³-hybridized carbons (Fsp3) is 0.250. The minimum atomic E-state index is 0.757. The third-order valence-corrected chi connectivity index (χ3v) is 0.814. The van der Waals surface area contributed by atoms with Crippen molar-refractivity contribution in [3.63, 3.8) is 0 Å². The van der Waals surface area contributed by atoms with Crippen LogP contribution in [0.1, 0.15) is 5.69 Å². The van der Waals surface area contributed by atoms with Crippen LogP contribution in [0.5, 0.6) is 0 Å². The van der Waals surface area contributed by atoms with E-state index in [9.17, 15) is 0 Å². The van der Waals surface area contributed by atoms with Crippen molar-refractivity contribution in [3.8, 4) is 6.19 Å². The number of nitrogens with zero attached hydrogens (tertiary/aromatic N) is 4. The summed E-state index contributed by atoms with van der Waals surface area (Å²) in [4.78, 5) is 0. The highest BCUT2D eigenvalue weighted by Crippen LogP contribution is 1.86. The second-order valence-electron chi connectivity index (χ2n) is 1.39. The molecule has 1 heterocycles. The summed E-state index contributed by atoms with van der Waals surface area (Å²) in [6.07, 6.45) is 3.35. The lowest BCUT2D eigenvalue weighted by molar-refractivity contribution is 0.798. The Labute approximate surface area is 46.3 Å². The van der Waals surface area contributed by atoms with E-state index in [4.69, 9.17) is 5.26 Å². The van der Waals surface area contributed by atoms with Gasteiger partial charge in [0.15, 0.2) is 0 Å². The van der Waals surface area contributed by atoms with E-state index in [0.717, 1.165) is 10.4 Å². The van der Waals surface area contributed by atoms with Gasteiger partial charge in [0.2, 0.25) is 6.19 Å². The molecule has 40 valence electrons. The lowest BCUT2D eigenvalue weighted by Crippen LogP contribution is -1.91. The Balaban J connectivity index is 3.15. The van der Waals surface area contributed by atoms with E-state index >= 15 is 0 Å². The van der Waals surface area contributed by atoms with Crippen LogP contribution in [0.25, 0.3) is 0 Å². The summed E-state index contributed by atoms with van der Waals surface area (Å²) in [7, 11) is 0. The Bertz CT molecular complexity index is 218. The van der Waals surface area contributed by atoms with Crippen molar-refractivity contribution in [2.45, 2.75) is 6.92 Å². The van der Waals surface area contributed by atoms with Crippen LogP contribution in [0.15, 0.2) is 6.20 Å². The topological polar surface area (TPSA) is 54.5 Å². The second-order valence-corrected chi connectivity index (χ2v) is 1.39. The summed E-state index contributed by atoms with van der Waals surface area (Å²) in [5, 5.41) is 15.1. The molecule has 8 heavy (non-hydrogen) atoms. The highest BCUT2D eigenvalue weighted by Gasteiger charge is 1.91. The van der Waals surface area contributed by atoms with Gasteiger partial charge in [0, 0.05) is 0 Å². The molecule has 0 saturated heterocycles. The van der Waals surface area contributed by atoms with E-state index in [-0.39, 0.29) is 0 Å². The van der Waals surface area contributed by atoms with Crippen LogP contribution in [0, 0.1) is 18.4 Å². The van der Waals surface area contributed by atoms with E-state index in [0.29, 0.717) is 0 Å². The van der Waals surface area contributed by atoms with Gasteiger partial charge < -0.3 is 0 Å². The molecule has 0 amide bonds. The van der Waals surface area contributed by atoms with Gasteiger partial charge in [-0.3, -0.25) is 0 Å². The largest absolute Gasteiger partial charge is 0.208 e. The Morgan fingerprint density at radius 1 is 1.88 bits per heavy atom. The number of hydrogen-bond donors (Lipinski definition) is 0. The fourth-order valence-corrected chi connectivity index (χ4v) is 0.385. The standard InChI is InChI=1S/C4H4N4/c1-4-2-6-7-8(4)3-5/h2H,1H3. The molecule has 0 aromatic carbocycles. The maximum Gasteiger partial charge on any atom is 0.208 e. The van der Waals surface area contributed by atoms with Crippen molar-refractivity contribution >= 4 is 0 Å². The number of aromatic nitrogens is 3. The molecule has 0 atom stereocenters. The van der Waals surface area contributed by atoms with E-state index < -0.39 is 0 Å². The Morgan fingerprint density at radius 2 is 2.62 bits per heavy atom. The molecule has 0 unspecified atom stereocenters. The first-order valence-electron chi connectivity index (χ1n) is 2.12. The maximum absolute atomic E-state index is 8.22. The molecule has 0 aliphatic heterocycles. The van der Waals surface area contributed by atoms with Crippen molar-refractivity contribution in [3.05, 3.63) is 11.9 Å². The van der Waals surface area contributed by atoms with Crippen LogP contribution in [-0.2, 0) is 0 Å². The Hall–Kier alpha value is -1.37. The number of aryl methyl sites for hydroxylation is 1. The van der Waals surface area contributed by atoms with E-state index in [1.807, 2.05) is 6.19 Å². The van der Waals surface area contributed by atoms with Crippen molar-refractivity contribution in [2.24, 2.45) is 0 Å². The smallest absolute Gasteiger partial charge is 0.170 e. The van der Waals surface area contributed by atoms with Crippen LogP contribution >= 0.6 is 0 Å². The average Bonchev–Trinajstić information content (AvgIpc) is 2.14. The molecule has 1 aromatic heterocycles. The second kappa shape index (κ2) is 1.62. The zero-order valence-corrected chi connectivity index (χ0v) is 4.37. The molecule has 0 saturated carbocycles. The Morgan fingerprint density at radius 3 is 2.88 bits per heavy atom. The molecule has 0 N–H and O–H groups in total. The third-order valence-electron chi connectivity index (χ3n) is 0.814. The van der Waals surface area contributed by atoms with Crippen molar-refractivity contribution in [2.75, 3.05) is 0 Å². The first-order chi connectivity index (χ1) is 3.84. The van der Waals surface area contributed by atoms with Crippen molar-refractivity contribution < 1.29 is 0 Å². The van der Waals surface area contributed by atoms with Crippen molar-refractivity contribution in [1.82, 2.24) is 15.0 Å². The first kappa shape index (κ1) is 4.78. The normalized spacial score (nSPS) is 8.50. The molecule has 0 fully saturated rings. The first-order valence-corrected chi connectivity index (χ1v) is 2.12. The molecule has 1 rings (SSSR count). The summed E-state index contributed by atoms with van der Waals surface area (Å²) in [6, 6.07) is 0. The van der Waals surface area contributed by atoms with Gasteiger partial charge in [-0.05, 0) is 6.92 Å². The lowest BCUT2D eigenvalue weighted by Gasteiger charge is -1.80. The molecule has 4 nitrogen and oxygen atoms in total. The van der Waals surface area contributed by atoms with Crippen molar-refractivity contribution in [1.29, 1.82) is 5.26 Å². The molecule has 0 radical (unpaired) electrons. The van der Waals surface area contributed by atoms with Gasteiger partial charge in [-0.1, -0.05) is 5.21 Å². The Kier molecular flexibility index (Phi) is 0.968. The SMILES string of the molecule is Cc1cnnn1C#N. The number of hydrogen-bond acceptors (Lipinski definition) is 3. The number of nitriles is 1. The molecule has 4 heteroatoms. The predicted octanol–water partition coefficient (Wildman–Crippen LogP) is -0.0843. The van der Waals surface area contributed by atoms with Crippen LogP contribution in [0.2, 0.25) is 0 Å². The molecule has 1 aromatic rings. The maximum atomic E-state index is 8.22. The van der Waals surface area contributed by atoms with Crippen LogP contribution in [-0.4, -0.2) is 15.0 Å². The summed E-state index contributed by atoms with van der Waals surface area (Å²) >= 11 is 0. The highest BCUT2D eigenvalue weighted by molar-refractivity contribution is 4.95. The van der Waals surface area contributed by atoms with Gasteiger partial charge >= 0.3 is 0 Å². The summed E-state index contributed by atoms with van der Waals surface area (Å²) in [5.41, 5.74) is 0.757. The van der Waals surface area contributed by atoms with Gasteiger partial charge in [-0.25, -0.2) is 0 Å². The molecule has 0 bridgehead atoms. The van der Waals surface area contributed by atoms with Gasteiger partial charge in [-0.2, -0.15) is 9.94 Å². The van der Waals surface area contributed by atoms with E-state index in [1.54, 1.807) is 6.92 Å². The van der Waals surface area contributed by atoms with Crippen LogP contribution in [0.3, 0.4) is 0 Å². The number of rotatable bonds is 0. The third kappa shape index (κ3) is 0.540. The summed E-state index contributed by atoms with van der Waals surface area (Å²) < 4.78 is 1.15. The van der Waals surface area contributed by atoms with E-state index in [2.05, 4.69) is 10.3 Å². The molecular weight excluding hydrogens is 104 g/mol. The fourth-order valence-electron chi connectivity index (χ4n) is 0.385. The summed E-state index contributed by atoms with van der Waals surface area (Å²) in [6.45, 7) is 1.77. The van der Waals surface area contributed by atoms with Gasteiger partial charge in [0.05, 0.1) is 11.9 Å². The predicted molar refractivity (Wildman–Crippen MR) is 25.8 cm³/mol. The minimum absolute atomic E-state index is 0.757. The lowest BCUT2D eigenvalue weighted by atomic mass is 10.6.